The van der Waals surface area contributed by atoms with E-state index in [-0.39, 0.29) is 6.04 Å². The molecule has 0 radical (unpaired) electrons. The average Bonchev–Trinajstić information content (AvgIpc) is 2.34. The van der Waals surface area contributed by atoms with Crippen molar-refractivity contribution in [2.75, 3.05) is 7.05 Å². The molecular formula is C15H21BrF3N. The van der Waals surface area contributed by atoms with Crippen LogP contribution in [0.15, 0.2) is 22.7 Å². The van der Waals surface area contributed by atoms with Gasteiger partial charge in [0, 0.05) is 10.5 Å². The Balaban J connectivity index is 2.97. The highest BCUT2D eigenvalue weighted by Gasteiger charge is 2.35. The Morgan fingerprint density at radius 3 is 2.35 bits per heavy atom. The van der Waals surface area contributed by atoms with Gasteiger partial charge >= 0.3 is 6.18 Å². The van der Waals surface area contributed by atoms with Crippen LogP contribution in [0.1, 0.15) is 50.3 Å². The molecule has 1 nitrogen and oxygen atoms in total. The highest BCUT2D eigenvalue weighted by molar-refractivity contribution is 9.10. The molecule has 20 heavy (non-hydrogen) atoms. The zero-order chi connectivity index (χ0) is 15.3. The summed E-state index contributed by atoms with van der Waals surface area (Å²) in [5, 5.41) is 3.01. The average molecular weight is 352 g/mol. The zero-order valence-electron chi connectivity index (χ0n) is 12.0. The molecular weight excluding hydrogens is 331 g/mol. The van der Waals surface area contributed by atoms with E-state index in [1.165, 1.54) is 0 Å². The number of halogens is 4. The lowest BCUT2D eigenvalue weighted by atomic mass is 9.94. The second-order valence-electron chi connectivity index (χ2n) is 5.40. The minimum atomic E-state index is -4.33. The van der Waals surface area contributed by atoms with Gasteiger partial charge in [-0.15, -0.1) is 0 Å². The Hall–Kier alpha value is -0.550. The quantitative estimate of drug-likeness (QED) is 0.707. The molecule has 0 heterocycles. The van der Waals surface area contributed by atoms with Crippen LogP contribution in [-0.2, 0) is 6.18 Å². The van der Waals surface area contributed by atoms with E-state index in [0.29, 0.717) is 22.4 Å². The van der Waals surface area contributed by atoms with Crippen molar-refractivity contribution < 1.29 is 13.2 Å². The third kappa shape index (κ3) is 5.09. The topological polar surface area (TPSA) is 12.0 Å². The number of benzene rings is 1. The van der Waals surface area contributed by atoms with E-state index in [1.54, 1.807) is 19.2 Å². The van der Waals surface area contributed by atoms with E-state index < -0.39 is 11.7 Å². The minimum Gasteiger partial charge on any atom is -0.313 e. The molecule has 0 spiro atoms. The van der Waals surface area contributed by atoms with Gasteiger partial charge < -0.3 is 5.32 Å². The van der Waals surface area contributed by atoms with Gasteiger partial charge in [0.05, 0.1) is 5.56 Å². The van der Waals surface area contributed by atoms with Crippen molar-refractivity contribution in [3.8, 4) is 0 Å². The predicted octanol–water partition coefficient (Wildman–Crippen LogP) is 5.55. The van der Waals surface area contributed by atoms with Gasteiger partial charge in [-0.3, -0.25) is 0 Å². The van der Waals surface area contributed by atoms with Crippen LogP contribution in [-0.4, -0.2) is 7.05 Å². The van der Waals surface area contributed by atoms with Crippen LogP contribution in [0.2, 0.25) is 0 Å². The third-order valence-corrected chi connectivity index (χ3v) is 3.81. The van der Waals surface area contributed by atoms with Gasteiger partial charge in [-0.05, 0) is 37.1 Å². The molecule has 0 fully saturated rings. The number of hydrogen-bond acceptors (Lipinski definition) is 1. The van der Waals surface area contributed by atoms with E-state index in [0.717, 1.165) is 18.9 Å². The van der Waals surface area contributed by atoms with Crippen molar-refractivity contribution in [2.24, 2.45) is 5.92 Å². The first-order valence-corrected chi connectivity index (χ1v) is 7.59. The number of nitrogens with one attached hydrogen (secondary N) is 1. The molecule has 0 amide bonds. The number of hydrogen-bond donors (Lipinski definition) is 1. The van der Waals surface area contributed by atoms with Gasteiger partial charge in [0.15, 0.2) is 0 Å². The van der Waals surface area contributed by atoms with Crippen LogP contribution in [0.25, 0.3) is 0 Å². The molecule has 1 aromatic rings. The fourth-order valence-electron chi connectivity index (χ4n) is 2.26. The molecule has 0 aromatic heterocycles. The summed E-state index contributed by atoms with van der Waals surface area (Å²) in [5.41, 5.74) is -0.234. The molecule has 0 aliphatic rings. The summed E-state index contributed by atoms with van der Waals surface area (Å²) in [6, 6.07) is 4.11. The van der Waals surface area contributed by atoms with Gasteiger partial charge in [0.2, 0.25) is 0 Å². The van der Waals surface area contributed by atoms with Crippen molar-refractivity contribution >= 4 is 15.9 Å². The van der Waals surface area contributed by atoms with E-state index in [2.05, 4.69) is 35.1 Å². The molecule has 1 aromatic carbocycles. The van der Waals surface area contributed by atoms with Gasteiger partial charge in [-0.2, -0.15) is 13.2 Å². The van der Waals surface area contributed by atoms with Gasteiger partial charge in [-0.25, -0.2) is 0 Å². The Kier molecular flexibility index (Phi) is 6.52. The fraction of sp³-hybridized carbons (Fsp3) is 0.600. The largest absolute Gasteiger partial charge is 0.416 e. The van der Waals surface area contributed by atoms with Crippen LogP contribution in [0, 0.1) is 5.92 Å². The number of rotatable bonds is 6. The van der Waals surface area contributed by atoms with Crippen LogP contribution < -0.4 is 5.32 Å². The van der Waals surface area contributed by atoms with Crippen molar-refractivity contribution in [2.45, 2.75) is 45.3 Å². The first kappa shape index (κ1) is 17.5. The maximum atomic E-state index is 13.1. The molecule has 1 rings (SSSR count). The van der Waals surface area contributed by atoms with Crippen molar-refractivity contribution in [3.63, 3.8) is 0 Å². The molecule has 114 valence electrons. The van der Waals surface area contributed by atoms with Crippen LogP contribution in [0.3, 0.4) is 0 Å². The van der Waals surface area contributed by atoms with Crippen molar-refractivity contribution in [3.05, 3.63) is 33.8 Å². The van der Waals surface area contributed by atoms with Gasteiger partial charge in [0.1, 0.15) is 0 Å². The van der Waals surface area contributed by atoms with E-state index in [9.17, 15) is 13.2 Å². The highest BCUT2D eigenvalue weighted by Crippen LogP contribution is 2.37. The van der Waals surface area contributed by atoms with Crippen LogP contribution in [0.5, 0.6) is 0 Å². The second kappa shape index (κ2) is 7.46. The maximum absolute atomic E-state index is 13.1. The maximum Gasteiger partial charge on any atom is 0.416 e. The first-order chi connectivity index (χ1) is 9.25. The monoisotopic (exact) mass is 351 g/mol. The summed E-state index contributed by atoms with van der Waals surface area (Å²) in [7, 11) is 1.71. The standard InChI is InChI=1S/C15H21BrF3N/c1-10(2)5-4-6-14(20-3)12-8-7-11(16)9-13(12)15(17,18)19/h7-10,14,20H,4-6H2,1-3H3. The lowest BCUT2D eigenvalue weighted by Gasteiger charge is -2.22. The summed E-state index contributed by atoms with van der Waals surface area (Å²) < 4.78 is 39.8. The Bertz CT molecular complexity index is 430. The van der Waals surface area contributed by atoms with Gasteiger partial charge in [-0.1, -0.05) is 48.7 Å². The summed E-state index contributed by atoms with van der Waals surface area (Å²) in [5.74, 6) is 0.569. The van der Waals surface area contributed by atoms with Crippen molar-refractivity contribution in [1.29, 1.82) is 0 Å². The normalized spacial score (nSPS) is 13.8. The first-order valence-electron chi connectivity index (χ1n) is 6.79. The van der Waals surface area contributed by atoms with E-state index >= 15 is 0 Å². The molecule has 0 saturated carbocycles. The fourth-order valence-corrected chi connectivity index (χ4v) is 2.62. The summed E-state index contributed by atoms with van der Waals surface area (Å²) in [4.78, 5) is 0. The Morgan fingerprint density at radius 1 is 1.20 bits per heavy atom. The van der Waals surface area contributed by atoms with Crippen LogP contribution >= 0.6 is 15.9 Å². The SMILES string of the molecule is CNC(CCCC(C)C)c1ccc(Br)cc1C(F)(F)F. The molecule has 1 N–H and O–H groups in total. The Labute approximate surface area is 127 Å². The third-order valence-electron chi connectivity index (χ3n) is 3.32. The molecule has 0 bridgehead atoms. The van der Waals surface area contributed by atoms with Crippen molar-refractivity contribution in [1.82, 2.24) is 5.32 Å². The predicted molar refractivity (Wildman–Crippen MR) is 79.6 cm³/mol. The zero-order valence-corrected chi connectivity index (χ0v) is 13.6. The van der Waals surface area contributed by atoms with E-state index in [4.69, 9.17) is 0 Å². The smallest absolute Gasteiger partial charge is 0.313 e. The highest BCUT2D eigenvalue weighted by atomic mass is 79.9. The molecule has 0 aliphatic heterocycles. The molecule has 1 unspecified atom stereocenters. The van der Waals surface area contributed by atoms with Gasteiger partial charge in [0.25, 0.3) is 0 Å². The molecule has 0 aliphatic carbocycles. The molecule has 0 saturated heterocycles. The lowest BCUT2D eigenvalue weighted by Crippen LogP contribution is -2.21. The minimum absolute atomic E-state index is 0.265. The second-order valence-corrected chi connectivity index (χ2v) is 6.31. The summed E-state index contributed by atoms with van der Waals surface area (Å²) in [6.45, 7) is 4.24. The number of alkyl halides is 3. The Morgan fingerprint density at radius 2 is 1.85 bits per heavy atom. The summed E-state index contributed by atoms with van der Waals surface area (Å²) >= 11 is 3.11. The van der Waals surface area contributed by atoms with E-state index in [1.807, 2.05) is 0 Å². The molecule has 5 heteroatoms. The lowest BCUT2D eigenvalue weighted by molar-refractivity contribution is -0.138. The van der Waals surface area contributed by atoms with Crippen LogP contribution in [0.4, 0.5) is 13.2 Å². The summed E-state index contributed by atoms with van der Waals surface area (Å²) in [6.07, 6.45) is -1.68. The molecule has 1 atom stereocenters.